The number of aromatic nitrogens is 2. The van der Waals surface area contributed by atoms with Crippen molar-refractivity contribution in [2.24, 2.45) is 0 Å². The Bertz CT molecular complexity index is 1150. The molecule has 0 saturated carbocycles. The van der Waals surface area contributed by atoms with Crippen molar-refractivity contribution in [1.82, 2.24) is 9.97 Å². The summed E-state index contributed by atoms with van der Waals surface area (Å²) in [7, 11) is -16.8. The van der Waals surface area contributed by atoms with Crippen LogP contribution in [0.1, 0.15) is 0 Å². The number of phosphoric ester groups is 1. The van der Waals surface area contributed by atoms with E-state index < -0.39 is 65.8 Å². The second-order valence-electron chi connectivity index (χ2n) is 6.84. The van der Waals surface area contributed by atoms with Crippen molar-refractivity contribution in [1.29, 1.82) is 0 Å². The van der Waals surface area contributed by atoms with E-state index in [0.717, 1.165) is 0 Å². The van der Waals surface area contributed by atoms with Crippen molar-refractivity contribution in [3.8, 4) is 0 Å². The molecule has 2 bridgehead atoms. The van der Waals surface area contributed by atoms with Crippen molar-refractivity contribution >= 4 is 40.9 Å². The van der Waals surface area contributed by atoms with E-state index >= 15 is 0 Å². The maximum Gasteiger partial charge on any atom is 0.490 e. The van der Waals surface area contributed by atoms with Gasteiger partial charge in [-0.3, -0.25) is 14.3 Å². The molecule has 0 radical (unpaired) electrons. The molecule has 1 aromatic heterocycles. The number of H-pyrrole nitrogens is 1. The number of fused-ring (bicyclic) bond motifs is 7. The molecule has 180 valence electrons. The number of rotatable bonds is 7. The first kappa shape index (κ1) is 23.7. The number of hydrogen-bond donors (Lipinski definition) is 9. The van der Waals surface area contributed by atoms with Crippen molar-refractivity contribution in [3.05, 3.63) is 10.4 Å². The normalized spacial score (nSPS) is 34.5. The highest BCUT2D eigenvalue weighted by Crippen LogP contribution is 2.66. The Morgan fingerprint density at radius 3 is 2.47 bits per heavy atom. The summed E-state index contributed by atoms with van der Waals surface area (Å²) >= 11 is 0. The fraction of sp³-hybridized carbons (Fsp3) is 0.600. The van der Waals surface area contributed by atoms with Gasteiger partial charge in [-0.2, -0.15) is 13.6 Å². The van der Waals surface area contributed by atoms with E-state index in [4.69, 9.17) is 25.2 Å². The highest BCUT2D eigenvalue weighted by Gasteiger charge is 2.72. The molecular weight excluding hydrogens is 507 g/mol. The summed E-state index contributed by atoms with van der Waals surface area (Å²) in [6, 6.07) is 0. The van der Waals surface area contributed by atoms with Gasteiger partial charge in [0.2, 0.25) is 5.95 Å². The Kier molecular flexibility index (Phi) is 5.40. The van der Waals surface area contributed by atoms with Crippen LogP contribution in [0.3, 0.4) is 0 Å². The summed E-state index contributed by atoms with van der Waals surface area (Å²) in [6.45, 7) is -1.01. The van der Waals surface area contributed by atoms with Crippen LogP contribution in [-0.4, -0.2) is 76.6 Å². The highest BCUT2D eigenvalue weighted by molar-refractivity contribution is 7.66. The fourth-order valence-corrected chi connectivity index (χ4v) is 6.71. The number of aliphatic hydroxyl groups is 2. The predicted octanol–water partition coefficient (Wildman–Crippen LogP) is -2.92. The Balaban J connectivity index is 1.50. The van der Waals surface area contributed by atoms with E-state index in [-0.39, 0.29) is 17.5 Å². The van der Waals surface area contributed by atoms with E-state index in [9.17, 15) is 33.6 Å². The van der Waals surface area contributed by atoms with Gasteiger partial charge in [0, 0.05) is 0 Å². The molecule has 1 aromatic rings. The molecule has 0 aromatic carbocycles. The van der Waals surface area contributed by atoms with Gasteiger partial charge in [0.1, 0.15) is 24.1 Å². The quantitative estimate of drug-likeness (QED) is 0.162. The molecule has 22 heteroatoms. The lowest BCUT2D eigenvalue weighted by Gasteiger charge is -2.38. The van der Waals surface area contributed by atoms with Crippen LogP contribution in [0, 0.1) is 0 Å². The van der Waals surface area contributed by atoms with E-state index in [1.165, 1.54) is 4.90 Å². The van der Waals surface area contributed by atoms with Gasteiger partial charge in [0.15, 0.2) is 17.6 Å². The van der Waals surface area contributed by atoms with Gasteiger partial charge in [-0.05, 0) is 0 Å². The van der Waals surface area contributed by atoms with E-state index in [0.29, 0.717) is 0 Å². The molecule has 2 saturated heterocycles. The molecule has 4 heterocycles. The zero-order chi connectivity index (χ0) is 23.9. The number of hydrogen-bond acceptors (Lipinski definition) is 14. The van der Waals surface area contributed by atoms with Crippen LogP contribution in [0.25, 0.3) is 0 Å². The van der Waals surface area contributed by atoms with Crippen LogP contribution >= 0.6 is 23.5 Å². The van der Waals surface area contributed by atoms with Gasteiger partial charge in [0.05, 0.1) is 6.61 Å². The number of nitrogen functional groups attached to an aromatic ring is 1. The second kappa shape index (κ2) is 7.28. The minimum Gasteiger partial charge on any atom is -0.385 e. The first-order chi connectivity index (χ1) is 14.5. The van der Waals surface area contributed by atoms with E-state index in [2.05, 4.69) is 28.4 Å². The minimum atomic E-state index is -5.74. The SMILES string of the molecule is Nc1nc2c(c(=O)[nH]1)NC1N2C2OC(COP(=O)(O)OP(=O)(O)OP(=O)(O)O)C1(O)C2O. The Morgan fingerprint density at radius 2 is 1.84 bits per heavy atom. The average molecular weight is 523 g/mol. The molecule has 0 amide bonds. The zero-order valence-corrected chi connectivity index (χ0v) is 18.0. The van der Waals surface area contributed by atoms with Gasteiger partial charge in [-0.25, -0.2) is 13.7 Å². The predicted molar refractivity (Wildman–Crippen MR) is 98.6 cm³/mol. The molecule has 0 aliphatic carbocycles. The third-order valence-corrected chi connectivity index (χ3v) is 8.61. The van der Waals surface area contributed by atoms with Crippen molar-refractivity contribution in [2.45, 2.75) is 30.2 Å². The van der Waals surface area contributed by atoms with Gasteiger partial charge in [-0.15, -0.1) is 0 Å². The van der Waals surface area contributed by atoms with Crippen LogP contribution in [0.2, 0.25) is 0 Å². The lowest BCUT2D eigenvalue weighted by molar-refractivity contribution is -0.112. The monoisotopic (exact) mass is 523 g/mol. The first-order valence-electron chi connectivity index (χ1n) is 8.33. The molecule has 7 unspecified atom stereocenters. The smallest absolute Gasteiger partial charge is 0.385 e. The van der Waals surface area contributed by atoms with Gasteiger partial charge < -0.3 is 50.5 Å². The topological polar surface area (TPSA) is 297 Å². The molecule has 4 rings (SSSR count). The first-order valence-corrected chi connectivity index (χ1v) is 12.8. The van der Waals surface area contributed by atoms with Crippen LogP contribution in [0.4, 0.5) is 17.5 Å². The summed E-state index contributed by atoms with van der Waals surface area (Å²) in [5, 5.41) is 24.2. The third kappa shape index (κ3) is 3.91. The third-order valence-electron chi connectivity index (χ3n) is 4.80. The molecule has 3 aliphatic rings. The van der Waals surface area contributed by atoms with E-state index in [1.807, 2.05) is 0 Å². The van der Waals surface area contributed by atoms with Crippen molar-refractivity contribution in [3.63, 3.8) is 0 Å². The average Bonchev–Trinajstić information content (AvgIpc) is 3.15. The number of nitrogens with one attached hydrogen (secondary N) is 2. The molecule has 19 nitrogen and oxygen atoms in total. The number of ether oxygens (including phenoxy) is 1. The lowest BCUT2D eigenvalue weighted by atomic mass is 9.92. The summed E-state index contributed by atoms with van der Waals surface area (Å²) < 4.78 is 51.0. The number of aromatic amines is 1. The molecule has 2 fully saturated rings. The molecule has 10 N–H and O–H groups in total. The summed E-state index contributed by atoms with van der Waals surface area (Å²) in [4.78, 5) is 55.3. The Hall–Kier alpha value is -1.43. The van der Waals surface area contributed by atoms with Gasteiger partial charge >= 0.3 is 23.5 Å². The number of anilines is 3. The van der Waals surface area contributed by atoms with Gasteiger partial charge in [0.25, 0.3) is 5.56 Å². The van der Waals surface area contributed by atoms with Crippen LogP contribution < -0.4 is 21.5 Å². The summed E-state index contributed by atoms with van der Waals surface area (Å²) in [5.74, 6) is -0.271. The lowest BCUT2D eigenvalue weighted by Crippen LogP contribution is -2.61. The minimum absolute atomic E-state index is 0.0254. The number of nitrogens with zero attached hydrogens (tertiary/aromatic N) is 2. The van der Waals surface area contributed by atoms with Crippen molar-refractivity contribution in [2.75, 3.05) is 22.6 Å². The van der Waals surface area contributed by atoms with Crippen LogP contribution in [0.5, 0.6) is 0 Å². The van der Waals surface area contributed by atoms with E-state index in [1.54, 1.807) is 0 Å². The highest BCUT2D eigenvalue weighted by atomic mass is 31.3. The maximum absolute atomic E-state index is 12.1. The molecule has 0 spiro atoms. The number of phosphoric acid groups is 3. The second-order valence-corrected chi connectivity index (χ2v) is 11.3. The zero-order valence-electron chi connectivity index (χ0n) is 15.3. The Labute approximate surface area is 176 Å². The molecule has 7 atom stereocenters. The van der Waals surface area contributed by atoms with Crippen LogP contribution in [-0.2, 0) is 31.6 Å². The number of aliphatic hydroxyl groups excluding tert-OH is 1. The standard InChI is InChI=1S/C10H16N5O14P3/c11-9-13-5-3(6(17)14-9)12-8-10(18)2(27-7(4(10)16)15(5)8)1-26-31(22,23)29-32(24,25)28-30(19,20)21/h2,4,7-8,12,16,18H,1H2,(H,22,23)(H,24,25)(H2,19,20,21)(H3,11,13,14,17). The summed E-state index contributed by atoms with van der Waals surface area (Å²) in [6.07, 6.45) is -5.70. The van der Waals surface area contributed by atoms with Gasteiger partial charge in [-0.1, -0.05) is 0 Å². The maximum atomic E-state index is 12.1. The van der Waals surface area contributed by atoms with Crippen LogP contribution in [0.15, 0.2) is 4.79 Å². The molecular formula is C10H16N5O14P3. The molecule has 3 aliphatic heterocycles. The largest absolute Gasteiger partial charge is 0.490 e. The fourth-order valence-electron chi connectivity index (χ4n) is 3.69. The Morgan fingerprint density at radius 1 is 1.19 bits per heavy atom. The molecule has 32 heavy (non-hydrogen) atoms. The number of nitrogens with two attached hydrogens (primary N) is 1. The summed E-state index contributed by atoms with van der Waals surface area (Å²) in [5.41, 5.74) is 2.49. The van der Waals surface area contributed by atoms with Crippen molar-refractivity contribution < 1.29 is 61.4 Å².